The number of imidazole rings is 1. The number of imide groups is 1. The van der Waals surface area contributed by atoms with Gasteiger partial charge in [-0.1, -0.05) is 17.8 Å². The van der Waals surface area contributed by atoms with Gasteiger partial charge in [0, 0.05) is 19.6 Å². The van der Waals surface area contributed by atoms with E-state index >= 15 is 0 Å². The number of carbonyl (C=O) groups excluding carboxylic acids is 2. The van der Waals surface area contributed by atoms with E-state index in [9.17, 15) is 18.0 Å². The highest BCUT2D eigenvalue weighted by molar-refractivity contribution is 7.99. The molecule has 1 N–H and O–H groups in total. The summed E-state index contributed by atoms with van der Waals surface area (Å²) in [6.07, 6.45) is 0. The maximum Gasteiger partial charge on any atom is 0.267 e. The van der Waals surface area contributed by atoms with Gasteiger partial charge in [-0.25, -0.2) is 13.4 Å². The Kier molecular flexibility index (Phi) is 6.96. The van der Waals surface area contributed by atoms with Crippen molar-refractivity contribution in [1.82, 2.24) is 19.2 Å². The van der Waals surface area contributed by atoms with Crippen LogP contribution in [0.5, 0.6) is 0 Å². The molecule has 1 aliphatic heterocycles. The number of thioether (sulfide) groups is 1. The average Bonchev–Trinajstić information content (AvgIpc) is 3.45. The fraction of sp³-hybridized carbons (Fsp3) is 0.350. The molecule has 170 valence electrons. The highest BCUT2D eigenvalue weighted by Crippen LogP contribution is 2.27. The number of amides is 2. The number of ether oxygens (including phenoxy) is 1. The molecule has 32 heavy (non-hydrogen) atoms. The highest BCUT2D eigenvalue weighted by atomic mass is 32.2. The third-order valence-electron chi connectivity index (χ3n) is 4.94. The summed E-state index contributed by atoms with van der Waals surface area (Å²) in [4.78, 5) is 29.5. The zero-order chi connectivity index (χ0) is 22.7. The van der Waals surface area contributed by atoms with Crippen LogP contribution in [-0.4, -0.2) is 66.1 Å². The summed E-state index contributed by atoms with van der Waals surface area (Å²) in [5.41, 5.74) is 1.32. The van der Waals surface area contributed by atoms with E-state index in [2.05, 4.69) is 10.3 Å². The van der Waals surface area contributed by atoms with E-state index < -0.39 is 21.8 Å². The first kappa shape index (κ1) is 22.9. The molecule has 0 bridgehead atoms. The number of carbonyl (C=O) groups is 2. The number of nitrogens with zero attached hydrogens (tertiary/aromatic N) is 3. The fourth-order valence-corrected chi connectivity index (χ4v) is 6.29. The second-order valence-corrected chi connectivity index (χ2v) is 10.8. The second kappa shape index (κ2) is 9.71. The zero-order valence-corrected chi connectivity index (χ0v) is 19.8. The van der Waals surface area contributed by atoms with Crippen LogP contribution in [0.1, 0.15) is 16.6 Å². The Morgan fingerprint density at radius 2 is 2.03 bits per heavy atom. The molecule has 1 fully saturated rings. The van der Waals surface area contributed by atoms with E-state index in [1.54, 1.807) is 35.7 Å². The van der Waals surface area contributed by atoms with Gasteiger partial charge in [0.25, 0.3) is 5.91 Å². The molecule has 0 atom stereocenters. The van der Waals surface area contributed by atoms with Crippen LogP contribution in [0.15, 0.2) is 45.8 Å². The number of morpholine rings is 1. The van der Waals surface area contributed by atoms with Gasteiger partial charge in [0.15, 0.2) is 5.16 Å². The Morgan fingerprint density at radius 3 is 2.72 bits per heavy atom. The average molecular weight is 495 g/mol. The minimum atomic E-state index is -3.63. The molecule has 0 spiro atoms. The number of sulfonamides is 1. The number of thiophene rings is 1. The van der Waals surface area contributed by atoms with Gasteiger partial charge in [-0.2, -0.15) is 4.31 Å². The van der Waals surface area contributed by atoms with Crippen LogP contribution in [0.2, 0.25) is 0 Å². The lowest BCUT2D eigenvalue weighted by Crippen LogP contribution is -2.40. The van der Waals surface area contributed by atoms with Crippen molar-refractivity contribution >= 4 is 56.0 Å². The number of aryl methyl sites for hydroxylation is 1. The normalized spacial score (nSPS) is 15.2. The van der Waals surface area contributed by atoms with Gasteiger partial charge in [0.2, 0.25) is 15.9 Å². The third-order valence-corrected chi connectivity index (χ3v) is 8.68. The number of nitrogens with one attached hydrogen (secondary N) is 1. The number of fused-ring (bicyclic) bond motifs is 1. The third kappa shape index (κ3) is 4.74. The molecule has 9 nitrogen and oxygen atoms in total. The highest BCUT2D eigenvalue weighted by Gasteiger charge is 2.27. The molecule has 0 saturated carbocycles. The number of aromatic nitrogens is 2. The maximum absolute atomic E-state index is 13.0. The number of rotatable bonds is 7. The smallest absolute Gasteiger partial charge is 0.267 e. The lowest BCUT2D eigenvalue weighted by atomic mass is 10.3. The van der Waals surface area contributed by atoms with E-state index in [1.165, 1.54) is 27.4 Å². The van der Waals surface area contributed by atoms with Gasteiger partial charge >= 0.3 is 0 Å². The fourth-order valence-electron chi connectivity index (χ4n) is 3.36. The van der Waals surface area contributed by atoms with Crippen LogP contribution >= 0.6 is 23.1 Å². The van der Waals surface area contributed by atoms with Crippen molar-refractivity contribution in [3.63, 3.8) is 0 Å². The zero-order valence-electron chi connectivity index (χ0n) is 17.3. The van der Waals surface area contributed by atoms with Crippen LogP contribution in [0.3, 0.4) is 0 Å². The lowest BCUT2D eigenvalue weighted by molar-refractivity contribution is -0.117. The molecule has 1 aliphatic rings. The Labute approximate surface area is 193 Å². The Morgan fingerprint density at radius 1 is 1.25 bits per heavy atom. The predicted octanol–water partition coefficient (Wildman–Crippen LogP) is 2.19. The van der Waals surface area contributed by atoms with Crippen LogP contribution < -0.4 is 5.32 Å². The summed E-state index contributed by atoms with van der Waals surface area (Å²) < 4.78 is 34.5. The summed E-state index contributed by atoms with van der Waals surface area (Å²) in [6, 6.07) is 8.29. The van der Waals surface area contributed by atoms with E-state index in [0.29, 0.717) is 48.4 Å². The maximum atomic E-state index is 13.0. The van der Waals surface area contributed by atoms with Crippen LogP contribution in [0.25, 0.3) is 11.0 Å². The van der Waals surface area contributed by atoms with Gasteiger partial charge < -0.3 is 9.30 Å². The molecule has 12 heteroatoms. The SMILES string of the molecule is CCn1c(SCC(=O)NC(=O)c2cccs2)nc2cc(S(=O)(=O)N3CCOCC3)ccc21. The van der Waals surface area contributed by atoms with Crippen molar-refractivity contribution < 1.29 is 22.7 Å². The Hall–Kier alpha value is -2.25. The van der Waals surface area contributed by atoms with Gasteiger partial charge in [0.1, 0.15) is 0 Å². The molecule has 0 aliphatic carbocycles. The van der Waals surface area contributed by atoms with Crippen molar-refractivity contribution in [3.8, 4) is 0 Å². The minimum absolute atomic E-state index is 0.0133. The van der Waals surface area contributed by atoms with Crippen LogP contribution in [0.4, 0.5) is 0 Å². The van der Waals surface area contributed by atoms with Crippen LogP contribution in [0, 0.1) is 0 Å². The summed E-state index contributed by atoms with van der Waals surface area (Å²) in [5.74, 6) is -0.828. The van der Waals surface area contributed by atoms with Crippen molar-refractivity contribution in [2.75, 3.05) is 32.1 Å². The van der Waals surface area contributed by atoms with E-state index in [1.807, 2.05) is 11.5 Å². The largest absolute Gasteiger partial charge is 0.379 e. The summed E-state index contributed by atoms with van der Waals surface area (Å²) in [7, 11) is -3.63. The van der Waals surface area contributed by atoms with E-state index in [4.69, 9.17) is 4.74 Å². The monoisotopic (exact) mass is 494 g/mol. The van der Waals surface area contributed by atoms with Crippen molar-refractivity contribution in [3.05, 3.63) is 40.6 Å². The molecule has 0 radical (unpaired) electrons. The lowest BCUT2D eigenvalue weighted by Gasteiger charge is -2.26. The molecule has 3 heterocycles. The topological polar surface area (TPSA) is 111 Å². The van der Waals surface area contributed by atoms with Crippen molar-refractivity contribution in [1.29, 1.82) is 0 Å². The van der Waals surface area contributed by atoms with Gasteiger partial charge in [-0.15, -0.1) is 11.3 Å². The quantitative estimate of drug-likeness (QED) is 0.501. The minimum Gasteiger partial charge on any atom is -0.379 e. The Bertz CT molecular complexity index is 1230. The molecule has 1 aromatic carbocycles. The van der Waals surface area contributed by atoms with Gasteiger partial charge in [-0.3, -0.25) is 14.9 Å². The first-order chi connectivity index (χ1) is 15.4. The Balaban J connectivity index is 1.51. The molecule has 4 rings (SSSR count). The van der Waals surface area contributed by atoms with Gasteiger partial charge in [-0.05, 0) is 36.6 Å². The molecular weight excluding hydrogens is 472 g/mol. The predicted molar refractivity (Wildman–Crippen MR) is 123 cm³/mol. The van der Waals surface area contributed by atoms with E-state index in [0.717, 1.165) is 5.52 Å². The summed E-state index contributed by atoms with van der Waals surface area (Å²) in [5, 5.41) is 4.72. The van der Waals surface area contributed by atoms with Crippen LogP contribution in [-0.2, 0) is 26.1 Å². The molecule has 1 saturated heterocycles. The number of benzene rings is 1. The standard InChI is InChI=1S/C20H22N4O5S3/c1-2-24-16-6-5-14(32(27,28)23-7-9-29-10-8-23)12-15(16)21-20(24)31-13-18(25)22-19(26)17-4-3-11-30-17/h3-6,11-12H,2,7-10,13H2,1H3,(H,22,25,26). The summed E-state index contributed by atoms with van der Waals surface area (Å²) >= 11 is 2.46. The van der Waals surface area contributed by atoms with Gasteiger partial charge in [0.05, 0.1) is 39.8 Å². The van der Waals surface area contributed by atoms with Crippen molar-refractivity contribution in [2.24, 2.45) is 0 Å². The van der Waals surface area contributed by atoms with E-state index in [-0.39, 0.29) is 10.6 Å². The number of hydrogen-bond donors (Lipinski definition) is 1. The molecule has 3 aromatic rings. The first-order valence-corrected chi connectivity index (χ1v) is 13.3. The number of hydrogen-bond acceptors (Lipinski definition) is 8. The molecular formula is C20H22N4O5S3. The first-order valence-electron chi connectivity index (χ1n) is 9.99. The molecule has 0 unspecified atom stereocenters. The second-order valence-electron chi connectivity index (χ2n) is 6.95. The molecule has 2 aromatic heterocycles. The summed E-state index contributed by atoms with van der Waals surface area (Å²) in [6.45, 7) is 3.95. The molecule has 2 amide bonds. The van der Waals surface area contributed by atoms with Crippen molar-refractivity contribution in [2.45, 2.75) is 23.5 Å².